The SMILES string of the molecule is CC(N)CS(=O)CC1CCC(C)(C)O1. The molecule has 2 N–H and O–H groups in total. The Morgan fingerprint density at radius 1 is 1.64 bits per heavy atom. The molecule has 3 unspecified atom stereocenters. The van der Waals surface area contributed by atoms with Crippen LogP contribution in [-0.4, -0.2) is 33.5 Å². The van der Waals surface area contributed by atoms with E-state index in [1.54, 1.807) is 0 Å². The van der Waals surface area contributed by atoms with Crippen molar-refractivity contribution < 1.29 is 8.95 Å². The Bertz CT molecular complexity index is 216. The van der Waals surface area contributed by atoms with Gasteiger partial charge in [-0.05, 0) is 33.6 Å². The van der Waals surface area contributed by atoms with Gasteiger partial charge in [0.15, 0.2) is 0 Å². The molecule has 1 rings (SSSR count). The molecule has 1 aliphatic rings. The van der Waals surface area contributed by atoms with Crippen LogP contribution in [0, 0.1) is 0 Å². The molecule has 1 heterocycles. The van der Waals surface area contributed by atoms with Crippen LogP contribution >= 0.6 is 0 Å². The summed E-state index contributed by atoms with van der Waals surface area (Å²) in [5.41, 5.74) is 5.56. The van der Waals surface area contributed by atoms with Gasteiger partial charge in [0.25, 0.3) is 0 Å². The van der Waals surface area contributed by atoms with Gasteiger partial charge >= 0.3 is 0 Å². The molecule has 0 radical (unpaired) electrons. The zero-order valence-electron chi connectivity index (χ0n) is 9.29. The highest BCUT2D eigenvalue weighted by Crippen LogP contribution is 2.29. The lowest BCUT2D eigenvalue weighted by molar-refractivity contribution is -0.00498. The Balaban J connectivity index is 2.29. The van der Waals surface area contributed by atoms with Gasteiger partial charge in [-0.15, -0.1) is 0 Å². The fraction of sp³-hybridized carbons (Fsp3) is 1.00. The third kappa shape index (κ3) is 4.07. The van der Waals surface area contributed by atoms with Crippen LogP contribution in [0.25, 0.3) is 0 Å². The number of rotatable bonds is 4. The monoisotopic (exact) mass is 219 g/mol. The maximum atomic E-state index is 11.6. The van der Waals surface area contributed by atoms with E-state index in [2.05, 4.69) is 13.8 Å². The van der Waals surface area contributed by atoms with Crippen molar-refractivity contribution in [3.63, 3.8) is 0 Å². The summed E-state index contributed by atoms with van der Waals surface area (Å²) in [6.07, 6.45) is 2.26. The molecule has 0 bridgehead atoms. The van der Waals surface area contributed by atoms with Gasteiger partial charge in [-0.2, -0.15) is 0 Å². The van der Waals surface area contributed by atoms with E-state index in [-0.39, 0.29) is 17.7 Å². The fourth-order valence-corrected chi connectivity index (χ4v) is 3.14. The van der Waals surface area contributed by atoms with Crippen LogP contribution in [0.15, 0.2) is 0 Å². The van der Waals surface area contributed by atoms with Crippen molar-refractivity contribution in [3.05, 3.63) is 0 Å². The predicted octanol–water partition coefficient (Wildman–Crippen LogP) is 1.04. The molecule has 3 atom stereocenters. The molecule has 1 fully saturated rings. The Morgan fingerprint density at radius 2 is 2.29 bits per heavy atom. The first-order valence-corrected chi connectivity index (χ1v) is 6.66. The molecule has 0 spiro atoms. The molecule has 0 saturated carbocycles. The predicted molar refractivity (Wildman–Crippen MR) is 59.7 cm³/mol. The van der Waals surface area contributed by atoms with Crippen LogP contribution in [-0.2, 0) is 15.5 Å². The molecule has 0 aromatic heterocycles. The third-order valence-corrected chi connectivity index (χ3v) is 4.02. The Morgan fingerprint density at radius 3 is 2.71 bits per heavy atom. The second kappa shape index (κ2) is 4.73. The van der Waals surface area contributed by atoms with Crippen LogP contribution in [0.4, 0.5) is 0 Å². The number of hydrogen-bond acceptors (Lipinski definition) is 3. The summed E-state index contributed by atoms with van der Waals surface area (Å²) in [5, 5.41) is 0. The van der Waals surface area contributed by atoms with Crippen LogP contribution in [0.2, 0.25) is 0 Å². The Kier molecular flexibility index (Phi) is 4.10. The van der Waals surface area contributed by atoms with Gasteiger partial charge < -0.3 is 10.5 Å². The van der Waals surface area contributed by atoms with E-state index < -0.39 is 10.8 Å². The molecular formula is C10H21NO2S. The minimum absolute atomic E-state index is 0.0187. The van der Waals surface area contributed by atoms with Gasteiger partial charge in [0.1, 0.15) is 0 Å². The molecule has 0 aliphatic carbocycles. The van der Waals surface area contributed by atoms with Gasteiger partial charge in [0.2, 0.25) is 0 Å². The van der Waals surface area contributed by atoms with Crippen molar-refractivity contribution in [3.8, 4) is 0 Å². The zero-order valence-corrected chi connectivity index (χ0v) is 10.1. The molecule has 84 valence electrons. The number of nitrogens with two attached hydrogens (primary N) is 1. The normalized spacial score (nSPS) is 30.1. The van der Waals surface area contributed by atoms with Crippen molar-refractivity contribution in [1.29, 1.82) is 0 Å². The van der Waals surface area contributed by atoms with E-state index in [0.717, 1.165) is 12.8 Å². The summed E-state index contributed by atoms with van der Waals surface area (Å²) in [5.74, 6) is 1.23. The lowest BCUT2D eigenvalue weighted by Crippen LogP contribution is -2.29. The first kappa shape index (κ1) is 12.1. The largest absolute Gasteiger partial charge is 0.371 e. The maximum absolute atomic E-state index is 11.6. The fourth-order valence-electron chi connectivity index (χ4n) is 1.76. The summed E-state index contributed by atoms with van der Waals surface area (Å²) in [7, 11) is -0.823. The minimum atomic E-state index is -0.823. The standard InChI is InChI=1S/C10H21NO2S/c1-8(11)6-14(12)7-9-4-5-10(2,3)13-9/h8-9H,4-7,11H2,1-3H3. The van der Waals surface area contributed by atoms with Crippen molar-refractivity contribution in [2.45, 2.75) is 51.4 Å². The van der Waals surface area contributed by atoms with Crippen molar-refractivity contribution >= 4 is 10.8 Å². The number of hydrogen-bond donors (Lipinski definition) is 1. The van der Waals surface area contributed by atoms with Crippen molar-refractivity contribution in [1.82, 2.24) is 0 Å². The zero-order chi connectivity index (χ0) is 10.8. The molecule has 3 nitrogen and oxygen atoms in total. The van der Waals surface area contributed by atoms with E-state index in [1.165, 1.54) is 0 Å². The average molecular weight is 219 g/mol. The van der Waals surface area contributed by atoms with Crippen molar-refractivity contribution in [2.75, 3.05) is 11.5 Å². The molecule has 0 aromatic carbocycles. The maximum Gasteiger partial charge on any atom is 0.0698 e. The smallest absolute Gasteiger partial charge is 0.0698 e. The second-order valence-electron chi connectivity index (χ2n) is 4.79. The molecular weight excluding hydrogens is 198 g/mol. The summed E-state index contributed by atoms with van der Waals surface area (Å²) < 4.78 is 17.3. The van der Waals surface area contributed by atoms with E-state index in [0.29, 0.717) is 11.5 Å². The summed E-state index contributed by atoms with van der Waals surface area (Å²) in [6, 6.07) is 0.0187. The van der Waals surface area contributed by atoms with Crippen molar-refractivity contribution in [2.24, 2.45) is 5.73 Å². The quantitative estimate of drug-likeness (QED) is 0.768. The Hall–Kier alpha value is 0.0700. The first-order valence-electron chi connectivity index (χ1n) is 5.17. The molecule has 1 saturated heterocycles. The Labute approximate surface area is 88.8 Å². The van der Waals surface area contributed by atoms with Gasteiger partial charge in [-0.1, -0.05) is 0 Å². The third-order valence-electron chi connectivity index (χ3n) is 2.37. The topological polar surface area (TPSA) is 52.3 Å². The second-order valence-corrected chi connectivity index (χ2v) is 6.33. The lowest BCUT2D eigenvalue weighted by atomic mass is 10.1. The molecule has 1 aliphatic heterocycles. The molecule has 0 aromatic rings. The van der Waals surface area contributed by atoms with E-state index >= 15 is 0 Å². The van der Waals surface area contributed by atoms with Gasteiger partial charge in [0.05, 0.1) is 11.7 Å². The molecule has 4 heteroatoms. The van der Waals surface area contributed by atoms with Crippen LogP contribution in [0.3, 0.4) is 0 Å². The van der Waals surface area contributed by atoms with Crippen LogP contribution in [0.5, 0.6) is 0 Å². The molecule has 14 heavy (non-hydrogen) atoms. The summed E-state index contributed by atoms with van der Waals surface area (Å²) in [4.78, 5) is 0. The highest BCUT2D eigenvalue weighted by atomic mass is 32.2. The van der Waals surface area contributed by atoms with E-state index in [9.17, 15) is 4.21 Å². The van der Waals surface area contributed by atoms with Gasteiger partial charge in [-0.3, -0.25) is 4.21 Å². The van der Waals surface area contributed by atoms with Gasteiger partial charge in [-0.25, -0.2) is 0 Å². The first-order chi connectivity index (χ1) is 6.39. The highest BCUT2D eigenvalue weighted by Gasteiger charge is 2.32. The minimum Gasteiger partial charge on any atom is -0.371 e. The van der Waals surface area contributed by atoms with Crippen LogP contribution in [0.1, 0.15) is 33.6 Å². The number of ether oxygens (including phenoxy) is 1. The lowest BCUT2D eigenvalue weighted by Gasteiger charge is -2.19. The summed E-state index contributed by atoms with van der Waals surface area (Å²) in [6.45, 7) is 6.06. The highest BCUT2D eigenvalue weighted by molar-refractivity contribution is 7.85. The van der Waals surface area contributed by atoms with E-state index in [1.807, 2.05) is 6.92 Å². The van der Waals surface area contributed by atoms with Crippen LogP contribution < -0.4 is 5.73 Å². The van der Waals surface area contributed by atoms with E-state index in [4.69, 9.17) is 10.5 Å². The van der Waals surface area contributed by atoms with Gasteiger partial charge in [0, 0.05) is 28.3 Å². The summed E-state index contributed by atoms with van der Waals surface area (Å²) >= 11 is 0. The molecule has 0 amide bonds. The average Bonchev–Trinajstić information content (AvgIpc) is 2.27.